The fourth-order valence-corrected chi connectivity index (χ4v) is 3.18. The zero-order chi connectivity index (χ0) is 14.9. The lowest BCUT2D eigenvalue weighted by atomic mass is 10.0. The predicted molar refractivity (Wildman–Crippen MR) is 93.9 cm³/mol. The van der Waals surface area contributed by atoms with Gasteiger partial charge in [0.25, 0.3) is 0 Å². The average Bonchev–Trinajstić information content (AvgIpc) is 3.04. The maximum Gasteiger partial charge on any atom is 0.135 e. The van der Waals surface area contributed by atoms with Crippen LogP contribution in [0, 0.1) is 6.92 Å². The van der Waals surface area contributed by atoms with E-state index in [1.54, 1.807) is 0 Å². The molecule has 0 atom stereocenters. The first-order chi connectivity index (χ1) is 10.8. The second-order valence-corrected chi connectivity index (χ2v) is 5.73. The van der Waals surface area contributed by atoms with Gasteiger partial charge in [0.15, 0.2) is 0 Å². The van der Waals surface area contributed by atoms with E-state index in [0.717, 1.165) is 18.9 Å². The summed E-state index contributed by atoms with van der Waals surface area (Å²) < 4.78 is 0. The third-order valence-corrected chi connectivity index (χ3v) is 4.15. The standard InChI is InChI=1S/C20H18N2/c1-15-13-17-9-5-6-10-18(17)19(14-15)22-12-11-21-20(22)16-7-3-2-4-8-16/h2-10,13-14H,11-12H2,1H3. The molecule has 0 saturated heterocycles. The summed E-state index contributed by atoms with van der Waals surface area (Å²) in [6.45, 7) is 3.95. The number of fused-ring (bicyclic) bond motifs is 1. The molecule has 1 heterocycles. The Hall–Kier alpha value is -2.61. The van der Waals surface area contributed by atoms with Crippen LogP contribution in [0.1, 0.15) is 11.1 Å². The lowest BCUT2D eigenvalue weighted by Crippen LogP contribution is -2.28. The Morgan fingerprint density at radius 1 is 0.909 bits per heavy atom. The van der Waals surface area contributed by atoms with E-state index >= 15 is 0 Å². The van der Waals surface area contributed by atoms with E-state index in [9.17, 15) is 0 Å². The van der Waals surface area contributed by atoms with Crippen LogP contribution in [0.4, 0.5) is 5.69 Å². The molecule has 2 nitrogen and oxygen atoms in total. The molecule has 0 aliphatic carbocycles. The Bertz CT molecular complexity index is 850. The van der Waals surface area contributed by atoms with Gasteiger partial charge in [-0.05, 0) is 23.9 Å². The van der Waals surface area contributed by atoms with Crippen LogP contribution in [0.3, 0.4) is 0 Å². The van der Waals surface area contributed by atoms with Crippen molar-refractivity contribution in [1.29, 1.82) is 0 Å². The van der Waals surface area contributed by atoms with E-state index in [1.165, 1.54) is 27.6 Å². The highest BCUT2D eigenvalue weighted by Crippen LogP contribution is 2.31. The number of hydrogen-bond acceptors (Lipinski definition) is 2. The number of anilines is 1. The number of nitrogens with zero attached hydrogens (tertiary/aromatic N) is 2. The van der Waals surface area contributed by atoms with Crippen molar-refractivity contribution in [3.63, 3.8) is 0 Å². The quantitative estimate of drug-likeness (QED) is 0.681. The van der Waals surface area contributed by atoms with Gasteiger partial charge in [0.1, 0.15) is 5.84 Å². The van der Waals surface area contributed by atoms with Crippen molar-refractivity contribution in [2.24, 2.45) is 4.99 Å². The van der Waals surface area contributed by atoms with E-state index in [2.05, 4.69) is 72.5 Å². The molecular formula is C20H18N2. The van der Waals surface area contributed by atoms with Gasteiger partial charge in [0.05, 0.1) is 12.2 Å². The highest BCUT2D eigenvalue weighted by Gasteiger charge is 2.21. The molecule has 0 saturated carbocycles. The molecule has 22 heavy (non-hydrogen) atoms. The zero-order valence-corrected chi connectivity index (χ0v) is 12.7. The molecule has 0 spiro atoms. The van der Waals surface area contributed by atoms with Crippen molar-refractivity contribution in [3.8, 4) is 0 Å². The minimum atomic E-state index is 0.854. The molecule has 108 valence electrons. The second-order valence-electron chi connectivity index (χ2n) is 5.73. The smallest absolute Gasteiger partial charge is 0.135 e. The van der Waals surface area contributed by atoms with Gasteiger partial charge in [-0.3, -0.25) is 4.99 Å². The Kier molecular flexibility index (Phi) is 3.15. The van der Waals surface area contributed by atoms with Gasteiger partial charge in [-0.1, -0.05) is 60.7 Å². The van der Waals surface area contributed by atoms with Crippen LogP contribution < -0.4 is 4.90 Å². The maximum atomic E-state index is 4.74. The van der Waals surface area contributed by atoms with Gasteiger partial charge in [0, 0.05) is 17.5 Å². The maximum absolute atomic E-state index is 4.74. The van der Waals surface area contributed by atoms with Gasteiger partial charge >= 0.3 is 0 Å². The van der Waals surface area contributed by atoms with E-state index in [4.69, 9.17) is 4.99 Å². The highest BCUT2D eigenvalue weighted by atomic mass is 15.2. The average molecular weight is 286 g/mol. The highest BCUT2D eigenvalue weighted by molar-refractivity contribution is 6.14. The minimum absolute atomic E-state index is 0.854. The SMILES string of the molecule is Cc1cc(N2CCN=C2c2ccccc2)c2ccccc2c1. The number of aliphatic imine (C=N–C) groups is 1. The third kappa shape index (κ3) is 2.17. The fraction of sp³-hybridized carbons (Fsp3) is 0.150. The molecule has 3 aromatic rings. The third-order valence-electron chi connectivity index (χ3n) is 4.15. The topological polar surface area (TPSA) is 15.6 Å². The monoisotopic (exact) mass is 286 g/mol. The van der Waals surface area contributed by atoms with Crippen molar-refractivity contribution in [2.45, 2.75) is 6.92 Å². The molecule has 2 heteroatoms. The predicted octanol–water partition coefficient (Wildman–Crippen LogP) is 4.42. The molecule has 0 N–H and O–H groups in total. The first-order valence-corrected chi connectivity index (χ1v) is 7.70. The molecule has 1 aliphatic heterocycles. The van der Waals surface area contributed by atoms with Crippen LogP contribution in [-0.4, -0.2) is 18.9 Å². The molecule has 0 bridgehead atoms. The first kappa shape index (κ1) is 13.1. The summed E-state index contributed by atoms with van der Waals surface area (Å²) in [5, 5.41) is 2.58. The van der Waals surface area contributed by atoms with Gasteiger partial charge in [0.2, 0.25) is 0 Å². The van der Waals surface area contributed by atoms with Crippen LogP contribution >= 0.6 is 0 Å². The number of rotatable bonds is 2. The summed E-state index contributed by atoms with van der Waals surface area (Å²) in [6, 6.07) is 23.6. The minimum Gasteiger partial charge on any atom is -0.324 e. The van der Waals surface area contributed by atoms with Crippen LogP contribution in [-0.2, 0) is 0 Å². The van der Waals surface area contributed by atoms with Crippen LogP contribution in [0.2, 0.25) is 0 Å². The summed E-state index contributed by atoms with van der Waals surface area (Å²) in [7, 11) is 0. The normalized spacial score (nSPS) is 14.4. The summed E-state index contributed by atoms with van der Waals surface area (Å²) >= 11 is 0. The Morgan fingerprint density at radius 2 is 1.68 bits per heavy atom. The lowest BCUT2D eigenvalue weighted by molar-refractivity contribution is 1.02. The van der Waals surface area contributed by atoms with E-state index in [0.29, 0.717) is 0 Å². The van der Waals surface area contributed by atoms with Crippen molar-refractivity contribution in [2.75, 3.05) is 18.0 Å². The van der Waals surface area contributed by atoms with Crippen LogP contribution in [0.5, 0.6) is 0 Å². The van der Waals surface area contributed by atoms with Crippen molar-refractivity contribution < 1.29 is 0 Å². The summed E-state index contributed by atoms with van der Waals surface area (Å²) in [5.74, 6) is 1.08. The molecule has 0 unspecified atom stereocenters. The largest absolute Gasteiger partial charge is 0.324 e. The van der Waals surface area contributed by atoms with Gasteiger partial charge < -0.3 is 4.90 Å². The van der Waals surface area contributed by atoms with Crippen LogP contribution in [0.25, 0.3) is 10.8 Å². The fourth-order valence-electron chi connectivity index (χ4n) is 3.18. The van der Waals surface area contributed by atoms with Crippen molar-refractivity contribution in [3.05, 3.63) is 77.9 Å². The van der Waals surface area contributed by atoms with E-state index in [-0.39, 0.29) is 0 Å². The summed E-state index contributed by atoms with van der Waals surface area (Å²) in [5.41, 5.74) is 3.73. The molecule has 0 radical (unpaired) electrons. The molecule has 0 amide bonds. The van der Waals surface area contributed by atoms with Crippen LogP contribution in [0.15, 0.2) is 71.7 Å². The number of benzene rings is 3. The number of hydrogen-bond donors (Lipinski definition) is 0. The summed E-state index contributed by atoms with van der Waals surface area (Å²) in [4.78, 5) is 7.09. The number of amidine groups is 1. The Labute approximate surface area is 130 Å². The zero-order valence-electron chi connectivity index (χ0n) is 12.7. The molecular weight excluding hydrogens is 268 g/mol. The molecule has 4 rings (SSSR count). The number of aryl methyl sites for hydroxylation is 1. The van der Waals surface area contributed by atoms with Crippen molar-refractivity contribution >= 4 is 22.3 Å². The van der Waals surface area contributed by atoms with Crippen molar-refractivity contribution in [1.82, 2.24) is 0 Å². The Balaban J connectivity index is 1.87. The molecule has 3 aromatic carbocycles. The van der Waals surface area contributed by atoms with Gasteiger partial charge in [-0.25, -0.2) is 0 Å². The summed E-state index contributed by atoms with van der Waals surface area (Å²) in [6.07, 6.45) is 0. The molecule has 1 aliphatic rings. The lowest BCUT2D eigenvalue weighted by Gasteiger charge is -2.23. The second kappa shape index (κ2) is 5.30. The van der Waals surface area contributed by atoms with Gasteiger partial charge in [-0.2, -0.15) is 0 Å². The van der Waals surface area contributed by atoms with E-state index < -0.39 is 0 Å². The van der Waals surface area contributed by atoms with E-state index in [1.807, 2.05) is 6.07 Å². The first-order valence-electron chi connectivity index (χ1n) is 7.70. The van der Waals surface area contributed by atoms with Gasteiger partial charge in [-0.15, -0.1) is 0 Å². The molecule has 0 fully saturated rings. The molecule has 0 aromatic heterocycles. The Morgan fingerprint density at radius 3 is 2.55 bits per heavy atom.